The number of aromatic nitrogens is 1. The molecule has 0 unspecified atom stereocenters. The minimum absolute atomic E-state index is 0.236. The number of nitrogens with zero attached hydrogens (tertiary/aromatic N) is 2. The lowest BCUT2D eigenvalue weighted by Gasteiger charge is -2.36. The first-order chi connectivity index (χ1) is 12.3. The van der Waals surface area contributed by atoms with Crippen LogP contribution in [0.15, 0.2) is 24.4 Å². The van der Waals surface area contributed by atoms with Crippen molar-refractivity contribution in [3.05, 3.63) is 24.4 Å². The molecule has 1 aromatic rings. The third kappa shape index (κ3) is 3.72. The van der Waals surface area contributed by atoms with Crippen molar-refractivity contribution in [2.24, 2.45) is 5.92 Å². The molecule has 2 aliphatic carbocycles. The average Bonchev–Trinajstić information content (AvgIpc) is 3.31. The van der Waals surface area contributed by atoms with E-state index in [2.05, 4.69) is 4.98 Å². The van der Waals surface area contributed by atoms with Crippen molar-refractivity contribution in [1.82, 2.24) is 4.98 Å². The molecule has 4 rings (SSSR count). The van der Waals surface area contributed by atoms with Crippen molar-refractivity contribution in [2.75, 3.05) is 18.1 Å². The van der Waals surface area contributed by atoms with Gasteiger partial charge in [-0.3, -0.25) is 9.69 Å². The summed E-state index contributed by atoms with van der Waals surface area (Å²) in [7, 11) is 0. The Hall–Kier alpha value is -1.46. The number of anilines is 1. The molecule has 1 aromatic heterocycles. The van der Waals surface area contributed by atoms with Gasteiger partial charge in [0, 0.05) is 31.5 Å². The van der Waals surface area contributed by atoms with Crippen molar-refractivity contribution in [1.29, 1.82) is 0 Å². The number of ether oxygens (including phenoxy) is 2. The molecule has 2 heterocycles. The van der Waals surface area contributed by atoms with E-state index in [9.17, 15) is 4.79 Å². The molecule has 136 valence electrons. The van der Waals surface area contributed by atoms with Crippen LogP contribution in [0.2, 0.25) is 0 Å². The topological polar surface area (TPSA) is 51.7 Å². The van der Waals surface area contributed by atoms with Gasteiger partial charge in [-0.15, -0.1) is 0 Å². The molecule has 0 N–H and O–H groups in total. The van der Waals surface area contributed by atoms with E-state index in [0.717, 1.165) is 44.3 Å². The normalized spacial score (nSPS) is 24.0. The van der Waals surface area contributed by atoms with E-state index < -0.39 is 0 Å². The van der Waals surface area contributed by atoms with Crippen molar-refractivity contribution in [3.63, 3.8) is 0 Å². The van der Waals surface area contributed by atoms with E-state index in [1.807, 2.05) is 23.1 Å². The van der Waals surface area contributed by atoms with Crippen LogP contribution in [0, 0.1) is 5.92 Å². The van der Waals surface area contributed by atoms with Gasteiger partial charge >= 0.3 is 0 Å². The Balaban J connectivity index is 1.41. The molecule has 2 saturated carbocycles. The first-order valence-corrected chi connectivity index (χ1v) is 9.77. The lowest BCUT2D eigenvalue weighted by molar-refractivity contribution is -0.183. The summed E-state index contributed by atoms with van der Waals surface area (Å²) in [5.41, 5.74) is 0. The van der Waals surface area contributed by atoms with Crippen LogP contribution in [-0.2, 0) is 14.3 Å². The minimum Gasteiger partial charge on any atom is -0.348 e. The zero-order valence-electron chi connectivity index (χ0n) is 14.9. The highest BCUT2D eigenvalue weighted by Gasteiger charge is 2.41. The Morgan fingerprint density at radius 2 is 1.84 bits per heavy atom. The van der Waals surface area contributed by atoms with Gasteiger partial charge < -0.3 is 9.47 Å². The Morgan fingerprint density at radius 1 is 1.12 bits per heavy atom. The Bertz CT molecular complexity index is 570. The summed E-state index contributed by atoms with van der Waals surface area (Å²) in [5, 5.41) is 0. The van der Waals surface area contributed by atoms with Crippen LogP contribution in [0.3, 0.4) is 0 Å². The van der Waals surface area contributed by atoms with Crippen molar-refractivity contribution in [3.8, 4) is 0 Å². The fraction of sp³-hybridized carbons (Fsp3) is 0.700. The molecule has 5 heteroatoms. The zero-order valence-corrected chi connectivity index (χ0v) is 14.9. The van der Waals surface area contributed by atoms with Crippen LogP contribution in [0.5, 0.6) is 0 Å². The van der Waals surface area contributed by atoms with Crippen molar-refractivity contribution >= 4 is 11.7 Å². The van der Waals surface area contributed by atoms with Gasteiger partial charge in [-0.2, -0.15) is 0 Å². The van der Waals surface area contributed by atoms with Gasteiger partial charge in [-0.1, -0.05) is 18.9 Å². The number of carbonyl (C=O) groups is 1. The summed E-state index contributed by atoms with van der Waals surface area (Å²) >= 11 is 0. The smallest absolute Gasteiger partial charge is 0.228 e. The maximum Gasteiger partial charge on any atom is 0.228 e. The summed E-state index contributed by atoms with van der Waals surface area (Å²) in [6.45, 7) is 1.41. The maximum absolute atomic E-state index is 13.1. The third-order valence-electron chi connectivity index (χ3n) is 6.00. The first-order valence-electron chi connectivity index (χ1n) is 9.77. The zero-order chi connectivity index (χ0) is 17.1. The largest absolute Gasteiger partial charge is 0.348 e. The van der Waals surface area contributed by atoms with Crippen LogP contribution in [0.1, 0.15) is 57.8 Å². The van der Waals surface area contributed by atoms with Gasteiger partial charge in [0.15, 0.2) is 5.79 Å². The van der Waals surface area contributed by atoms with Gasteiger partial charge in [-0.05, 0) is 43.7 Å². The van der Waals surface area contributed by atoms with Gasteiger partial charge in [0.2, 0.25) is 5.91 Å². The number of hydrogen-bond donors (Lipinski definition) is 0. The first kappa shape index (κ1) is 17.0. The highest BCUT2D eigenvalue weighted by atomic mass is 16.7. The van der Waals surface area contributed by atoms with Gasteiger partial charge in [-0.25, -0.2) is 4.98 Å². The SMILES string of the molecule is O=C(CC1CCC2(CC1)OCCO2)N(c1ccccn1)C1CCCC1. The van der Waals surface area contributed by atoms with E-state index in [-0.39, 0.29) is 11.7 Å². The van der Waals surface area contributed by atoms with E-state index >= 15 is 0 Å². The molecule has 0 atom stereocenters. The van der Waals surface area contributed by atoms with Gasteiger partial charge in [0.1, 0.15) is 5.82 Å². The van der Waals surface area contributed by atoms with Crippen LogP contribution in [-0.4, -0.2) is 35.9 Å². The lowest BCUT2D eigenvalue weighted by Crippen LogP contribution is -2.42. The second-order valence-corrected chi connectivity index (χ2v) is 7.65. The number of rotatable bonds is 4. The third-order valence-corrected chi connectivity index (χ3v) is 6.00. The van der Waals surface area contributed by atoms with E-state index in [1.165, 1.54) is 12.8 Å². The molecule has 3 fully saturated rings. The number of amides is 1. The van der Waals surface area contributed by atoms with Gasteiger partial charge in [0.25, 0.3) is 0 Å². The Kier molecular flexibility index (Phi) is 5.04. The number of hydrogen-bond acceptors (Lipinski definition) is 4. The second-order valence-electron chi connectivity index (χ2n) is 7.65. The Morgan fingerprint density at radius 3 is 2.48 bits per heavy atom. The monoisotopic (exact) mass is 344 g/mol. The minimum atomic E-state index is -0.342. The summed E-state index contributed by atoms with van der Waals surface area (Å²) < 4.78 is 11.6. The molecule has 1 aliphatic heterocycles. The summed E-state index contributed by atoms with van der Waals surface area (Å²) in [4.78, 5) is 19.6. The fourth-order valence-electron chi connectivity index (χ4n) is 4.63. The molecule has 0 bridgehead atoms. The molecule has 0 aromatic carbocycles. The molecule has 1 spiro atoms. The Labute approximate surface area is 149 Å². The van der Waals surface area contributed by atoms with E-state index in [1.54, 1.807) is 6.20 Å². The van der Waals surface area contributed by atoms with Crippen LogP contribution >= 0.6 is 0 Å². The molecular weight excluding hydrogens is 316 g/mol. The number of carbonyl (C=O) groups excluding carboxylic acids is 1. The molecule has 1 amide bonds. The molecule has 5 nitrogen and oxygen atoms in total. The molecular formula is C20H28N2O3. The fourth-order valence-corrected chi connectivity index (χ4v) is 4.63. The highest BCUT2D eigenvalue weighted by Crippen LogP contribution is 2.40. The molecule has 3 aliphatic rings. The molecule has 0 radical (unpaired) electrons. The van der Waals surface area contributed by atoms with Crippen molar-refractivity contribution < 1.29 is 14.3 Å². The standard InChI is InChI=1S/C20H28N2O3/c23-19(15-16-8-10-20(11-9-16)24-13-14-25-20)22(17-5-1-2-6-17)18-7-3-4-12-21-18/h3-4,7,12,16-17H,1-2,5-6,8-11,13-15H2. The molecule has 25 heavy (non-hydrogen) atoms. The lowest BCUT2D eigenvalue weighted by atomic mass is 9.83. The van der Waals surface area contributed by atoms with Gasteiger partial charge in [0.05, 0.1) is 13.2 Å². The summed E-state index contributed by atoms with van der Waals surface area (Å²) in [6, 6.07) is 6.16. The highest BCUT2D eigenvalue weighted by molar-refractivity contribution is 5.93. The summed E-state index contributed by atoms with van der Waals surface area (Å²) in [6.07, 6.45) is 10.8. The van der Waals surface area contributed by atoms with Crippen LogP contribution in [0.4, 0.5) is 5.82 Å². The predicted octanol–water partition coefficient (Wildman–Crippen LogP) is 3.68. The average molecular weight is 344 g/mol. The van der Waals surface area contributed by atoms with E-state index in [4.69, 9.17) is 9.47 Å². The summed E-state index contributed by atoms with van der Waals surface area (Å²) in [5.74, 6) is 1.14. The van der Waals surface area contributed by atoms with Crippen molar-refractivity contribution in [2.45, 2.75) is 69.6 Å². The quantitative estimate of drug-likeness (QED) is 0.836. The predicted molar refractivity (Wildman–Crippen MR) is 95.2 cm³/mol. The van der Waals surface area contributed by atoms with Crippen LogP contribution < -0.4 is 4.90 Å². The molecule has 1 saturated heterocycles. The number of pyridine rings is 1. The van der Waals surface area contributed by atoms with E-state index in [0.29, 0.717) is 31.6 Å². The van der Waals surface area contributed by atoms with Crippen LogP contribution in [0.25, 0.3) is 0 Å². The second kappa shape index (κ2) is 7.42. The maximum atomic E-state index is 13.1.